The van der Waals surface area contributed by atoms with Crippen molar-refractivity contribution in [2.45, 2.75) is 11.8 Å². The summed E-state index contributed by atoms with van der Waals surface area (Å²) in [6.45, 7) is 1.80. The van der Waals surface area contributed by atoms with Gasteiger partial charge in [-0.2, -0.15) is 23.7 Å². The van der Waals surface area contributed by atoms with Gasteiger partial charge in [-0.05, 0) is 108 Å². The number of nitrogen functional groups attached to an aromatic ring is 2. The molecule has 0 spiro atoms. The molecular weight excluding hydrogens is 697 g/mol. The minimum absolute atomic E-state index is 0.188. The Balaban J connectivity index is 1.12. The predicted octanol–water partition coefficient (Wildman–Crippen LogP) is 8.49. The number of anilines is 3. The normalized spacial score (nSPS) is 13.9. The Labute approximate surface area is 303 Å². The molecular formula is C38H30N8O6S. The van der Waals surface area contributed by atoms with Crippen molar-refractivity contribution in [2.75, 3.05) is 16.9 Å². The van der Waals surface area contributed by atoms with Crippen LogP contribution in [0.3, 0.4) is 0 Å². The highest BCUT2D eigenvalue weighted by atomic mass is 32.2. The van der Waals surface area contributed by atoms with Crippen LogP contribution < -0.4 is 16.9 Å². The Kier molecular flexibility index (Phi) is 10.1. The quantitative estimate of drug-likeness (QED) is 0.0231. The fourth-order valence-corrected chi connectivity index (χ4v) is 5.58. The molecule has 264 valence electrons. The van der Waals surface area contributed by atoms with E-state index < -0.39 is 21.9 Å². The van der Waals surface area contributed by atoms with Crippen LogP contribution in [0.1, 0.15) is 5.56 Å². The number of aliphatic carboxylic acids is 1. The van der Waals surface area contributed by atoms with Crippen molar-refractivity contribution in [3.63, 3.8) is 0 Å². The van der Waals surface area contributed by atoms with Gasteiger partial charge in [0.25, 0.3) is 10.1 Å². The van der Waals surface area contributed by atoms with Gasteiger partial charge in [-0.15, -0.1) is 10.2 Å². The fourth-order valence-electron chi connectivity index (χ4n) is 5.10. The third-order valence-electron chi connectivity index (χ3n) is 8.05. The van der Waals surface area contributed by atoms with Crippen molar-refractivity contribution in [1.82, 2.24) is 0 Å². The molecule has 0 fully saturated rings. The average Bonchev–Trinajstić information content (AvgIpc) is 3.15. The van der Waals surface area contributed by atoms with Crippen LogP contribution in [0.25, 0.3) is 22.3 Å². The lowest BCUT2D eigenvalue weighted by Gasteiger charge is -2.09. The molecule has 0 atom stereocenters. The van der Waals surface area contributed by atoms with E-state index in [1.165, 1.54) is 30.4 Å². The van der Waals surface area contributed by atoms with Crippen LogP contribution in [0.4, 0.5) is 39.8 Å². The maximum atomic E-state index is 11.7. The van der Waals surface area contributed by atoms with Gasteiger partial charge in [-0.1, -0.05) is 48.5 Å². The van der Waals surface area contributed by atoms with Gasteiger partial charge in [0.15, 0.2) is 5.78 Å². The highest BCUT2D eigenvalue weighted by molar-refractivity contribution is 7.85. The molecule has 0 bridgehead atoms. The van der Waals surface area contributed by atoms with Gasteiger partial charge in [0.05, 0.1) is 39.0 Å². The first-order valence-electron chi connectivity index (χ1n) is 15.8. The van der Waals surface area contributed by atoms with Gasteiger partial charge >= 0.3 is 5.97 Å². The molecule has 7 N–H and O–H groups in total. The third kappa shape index (κ3) is 8.45. The lowest BCUT2D eigenvalue weighted by Crippen LogP contribution is -2.15. The minimum Gasteiger partial charge on any atom is -0.478 e. The largest absolute Gasteiger partial charge is 0.478 e. The number of nitrogens with two attached hydrogens (primary N) is 2. The second-order valence-corrected chi connectivity index (χ2v) is 13.1. The van der Waals surface area contributed by atoms with E-state index in [1.54, 1.807) is 49.4 Å². The zero-order chi connectivity index (χ0) is 37.7. The number of aryl methyl sites for hydroxylation is 1. The third-order valence-corrected chi connectivity index (χ3v) is 8.92. The van der Waals surface area contributed by atoms with E-state index in [-0.39, 0.29) is 21.8 Å². The van der Waals surface area contributed by atoms with E-state index >= 15 is 0 Å². The molecule has 6 rings (SSSR count). The number of carboxylic acid groups (broad SMARTS) is 1. The van der Waals surface area contributed by atoms with Crippen molar-refractivity contribution in [3.05, 3.63) is 132 Å². The Morgan fingerprint density at radius 3 is 1.74 bits per heavy atom. The number of hydrogen-bond acceptors (Lipinski definition) is 12. The summed E-state index contributed by atoms with van der Waals surface area (Å²) in [6, 6.07) is 29.5. The predicted molar refractivity (Wildman–Crippen MR) is 203 cm³/mol. The van der Waals surface area contributed by atoms with Crippen molar-refractivity contribution >= 4 is 67.4 Å². The van der Waals surface area contributed by atoms with E-state index in [2.05, 4.69) is 31.0 Å². The van der Waals surface area contributed by atoms with E-state index in [4.69, 9.17) is 16.6 Å². The van der Waals surface area contributed by atoms with E-state index in [0.717, 1.165) is 22.3 Å². The first-order chi connectivity index (χ1) is 25.4. The van der Waals surface area contributed by atoms with E-state index in [9.17, 15) is 22.6 Å². The first-order valence-corrected chi connectivity index (χ1v) is 17.2. The zero-order valence-corrected chi connectivity index (χ0v) is 28.7. The smallest absolute Gasteiger partial charge is 0.339 e. The number of ketones is 1. The Morgan fingerprint density at radius 2 is 1.21 bits per heavy atom. The van der Waals surface area contributed by atoms with Crippen molar-refractivity contribution in [1.29, 1.82) is 0 Å². The maximum absolute atomic E-state index is 11.7. The molecule has 53 heavy (non-hydrogen) atoms. The second-order valence-electron chi connectivity index (χ2n) is 11.7. The maximum Gasteiger partial charge on any atom is 0.339 e. The summed E-state index contributed by atoms with van der Waals surface area (Å²) >= 11 is 0. The molecule has 1 aliphatic carbocycles. The summed E-state index contributed by atoms with van der Waals surface area (Å²) in [5.41, 5.74) is 22.6. The average molecular weight is 727 g/mol. The number of nitrogens with one attached hydrogen (secondary N) is 1. The molecule has 0 aliphatic heterocycles. The van der Waals surface area contributed by atoms with Crippen molar-refractivity contribution < 1.29 is 27.7 Å². The standard InChI is InChI=1S/C38H30N8O6S/c1-22-20-33(36(40)37(35(22)39)46-43-29-14-6-25(7-15-29)26-8-17-31(18-9-26)53(50,51)52)45-42-28-12-4-24(5-13-28)23-2-10-27(11-3-23)41-44-30-16-19-34(47)32(21-30)38(48)49/h2-21,41H,39-40H2,1H3,(H,48,49)(H,50,51,52). The van der Waals surface area contributed by atoms with Crippen molar-refractivity contribution in [2.24, 2.45) is 25.6 Å². The summed E-state index contributed by atoms with van der Waals surface area (Å²) < 4.78 is 31.8. The summed E-state index contributed by atoms with van der Waals surface area (Å²) in [5, 5.41) is 30.7. The highest BCUT2D eigenvalue weighted by Gasteiger charge is 2.19. The second kappa shape index (κ2) is 15.0. The number of nitrogens with zero attached hydrogens (tertiary/aromatic N) is 5. The summed E-state index contributed by atoms with van der Waals surface area (Å²) in [4.78, 5) is 22.7. The van der Waals surface area contributed by atoms with Gasteiger partial charge in [-0.25, -0.2) is 4.79 Å². The lowest BCUT2D eigenvalue weighted by atomic mass is 10.0. The molecule has 5 aromatic carbocycles. The SMILES string of the molecule is Cc1cc(N=Nc2ccc(-c3ccc(NN=C4C=CC(=O)C(C(=O)O)=C4)cc3)cc2)c(N)c(N=Nc2ccc(-c3ccc(S(=O)(=O)O)cc3)cc2)c1N. The molecule has 1 aliphatic rings. The Bertz CT molecular complexity index is 2490. The summed E-state index contributed by atoms with van der Waals surface area (Å²) in [7, 11) is -4.28. The number of carbonyl (C=O) groups excluding carboxylic acids is 1. The molecule has 0 aromatic heterocycles. The number of hydrogen-bond donors (Lipinski definition) is 5. The molecule has 0 amide bonds. The number of carbonyl (C=O) groups is 2. The van der Waals surface area contributed by atoms with Crippen LogP contribution >= 0.6 is 0 Å². The minimum atomic E-state index is -4.28. The molecule has 0 saturated heterocycles. The highest BCUT2D eigenvalue weighted by Crippen LogP contribution is 2.41. The molecule has 5 aromatic rings. The Morgan fingerprint density at radius 1 is 0.698 bits per heavy atom. The van der Waals surface area contributed by atoms with Crippen LogP contribution in [-0.2, 0) is 19.7 Å². The van der Waals surface area contributed by atoms with Gasteiger partial charge in [0, 0.05) is 0 Å². The number of benzene rings is 5. The van der Waals surface area contributed by atoms with Crippen LogP contribution in [0.2, 0.25) is 0 Å². The van der Waals surface area contributed by atoms with E-state index in [1.807, 2.05) is 48.5 Å². The number of carboxylic acids is 1. The molecule has 0 heterocycles. The molecule has 0 unspecified atom stereocenters. The van der Waals surface area contributed by atoms with E-state index in [0.29, 0.717) is 39.7 Å². The van der Waals surface area contributed by atoms with Gasteiger partial charge in [0.1, 0.15) is 16.9 Å². The van der Waals surface area contributed by atoms with Crippen LogP contribution in [0.5, 0.6) is 0 Å². The van der Waals surface area contributed by atoms with Crippen molar-refractivity contribution in [3.8, 4) is 22.3 Å². The van der Waals surface area contributed by atoms with Crippen LogP contribution in [-0.4, -0.2) is 35.5 Å². The molecule has 0 radical (unpaired) electrons. The first kappa shape index (κ1) is 35.7. The number of azo groups is 2. The fraction of sp³-hybridized carbons (Fsp3) is 0.0263. The van der Waals surface area contributed by atoms with Crippen LogP contribution in [0, 0.1) is 6.92 Å². The van der Waals surface area contributed by atoms with Gasteiger partial charge in [-0.3, -0.25) is 14.8 Å². The molecule has 15 heteroatoms. The monoisotopic (exact) mass is 726 g/mol. The lowest BCUT2D eigenvalue weighted by molar-refractivity contribution is -0.134. The van der Waals surface area contributed by atoms with Gasteiger partial charge in [0.2, 0.25) is 0 Å². The number of rotatable bonds is 10. The molecule has 14 nitrogen and oxygen atoms in total. The molecule has 0 saturated carbocycles. The topological polar surface area (TPSA) is 235 Å². The number of allylic oxidation sites excluding steroid dienone is 3. The Hall–Kier alpha value is -7.10. The summed E-state index contributed by atoms with van der Waals surface area (Å²) in [5.74, 6) is -1.89. The van der Waals surface area contributed by atoms with Crippen LogP contribution in [0.15, 0.2) is 157 Å². The van der Waals surface area contributed by atoms with Gasteiger partial charge < -0.3 is 16.6 Å². The zero-order valence-electron chi connectivity index (χ0n) is 27.9. The number of hydrazone groups is 1. The summed E-state index contributed by atoms with van der Waals surface area (Å²) in [6.07, 6.45) is 3.82.